The van der Waals surface area contributed by atoms with Gasteiger partial charge in [0.1, 0.15) is 5.15 Å². The van der Waals surface area contributed by atoms with Crippen LogP contribution in [0.1, 0.15) is 5.56 Å². The molecule has 4 heteroatoms. The number of rotatable bonds is 2. The van der Waals surface area contributed by atoms with E-state index < -0.39 is 5.97 Å². The molecular weight excluding hydrogens is 226 g/mol. The molecule has 1 aromatic carbocycles. The Labute approximate surface area is 97.0 Å². The van der Waals surface area contributed by atoms with E-state index in [1.54, 1.807) is 6.07 Å². The minimum atomic E-state index is -1.10. The van der Waals surface area contributed by atoms with Crippen molar-refractivity contribution < 1.29 is 9.90 Å². The first kappa shape index (κ1) is 10.6. The highest BCUT2D eigenvalue weighted by Crippen LogP contribution is 2.25. The molecule has 0 atom stereocenters. The molecule has 0 radical (unpaired) electrons. The molecule has 1 aromatic heterocycles. The lowest BCUT2D eigenvalue weighted by Crippen LogP contribution is -1.99. The molecule has 2 aromatic rings. The molecule has 1 N–H and O–H groups in total. The van der Waals surface area contributed by atoms with Gasteiger partial charge >= 0.3 is 5.97 Å². The van der Waals surface area contributed by atoms with Gasteiger partial charge in [-0.3, -0.25) is 0 Å². The van der Waals surface area contributed by atoms with Gasteiger partial charge in [0, 0.05) is 10.9 Å². The Bertz CT molecular complexity index is 593. The lowest BCUT2D eigenvalue weighted by Gasteiger charge is -2.05. The summed E-state index contributed by atoms with van der Waals surface area (Å²) in [6.45, 7) is 3.47. The number of aliphatic carboxylic acids is 1. The fourth-order valence-corrected chi connectivity index (χ4v) is 1.68. The van der Waals surface area contributed by atoms with E-state index in [2.05, 4.69) is 11.6 Å². The summed E-state index contributed by atoms with van der Waals surface area (Å²) in [4.78, 5) is 14.9. The number of carbonyl (C=O) groups is 1. The Morgan fingerprint density at radius 3 is 2.75 bits per heavy atom. The second kappa shape index (κ2) is 3.94. The van der Waals surface area contributed by atoms with Gasteiger partial charge in [-0.15, -0.1) is 0 Å². The molecule has 0 aliphatic carbocycles. The zero-order valence-corrected chi connectivity index (χ0v) is 9.03. The third-order valence-electron chi connectivity index (χ3n) is 2.26. The quantitative estimate of drug-likeness (QED) is 0.641. The number of fused-ring (bicyclic) bond motifs is 1. The van der Waals surface area contributed by atoms with Crippen LogP contribution in [0.5, 0.6) is 0 Å². The van der Waals surface area contributed by atoms with Crippen LogP contribution in [0.4, 0.5) is 0 Å². The van der Waals surface area contributed by atoms with E-state index in [-0.39, 0.29) is 10.7 Å². The fraction of sp³-hybridized carbons (Fsp3) is 0. The van der Waals surface area contributed by atoms with Crippen molar-refractivity contribution in [3.05, 3.63) is 47.6 Å². The molecule has 0 bridgehead atoms. The van der Waals surface area contributed by atoms with Crippen molar-refractivity contribution in [3.63, 3.8) is 0 Å². The molecule has 80 valence electrons. The van der Waals surface area contributed by atoms with Gasteiger partial charge in [0.25, 0.3) is 0 Å². The zero-order chi connectivity index (χ0) is 11.7. The first-order valence-electron chi connectivity index (χ1n) is 4.57. The summed E-state index contributed by atoms with van der Waals surface area (Å²) in [6, 6.07) is 9.04. The van der Waals surface area contributed by atoms with Crippen LogP contribution < -0.4 is 0 Å². The van der Waals surface area contributed by atoms with Gasteiger partial charge < -0.3 is 5.11 Å². The van der Waals surface area contributed by atoms with Gasteiger partial charge in [-0.1, -0.05) is 36.4 Å². The van der Waals surface area contributed by atoms with Crippen LogP contribution in [0.2, 0.25) is 5.15 Å². The first-order chi connectivity index (χ1) is 7.59. The number of halogens is 1. The van der Waals surface area contributed by atoms with E-state index in [1.807, 2.05) is 24.3 Å². The molecule has 0 amide bonds. The number of para-hydroxylation sites is 1. The Kier molecular flexibility index (Phi) is 2.62. The molecule has 0 fully saturated rings. The standard InChI is InChI=1S/C12H8ClNO2/c1-7(12(15)16)9-6-8-4-2-3-5-10(8)14-11(9)13/h2-6H,1H2,(H,15,16). The van der Waals surface area contributed by atoms with Crippen molar-refractivity contribution in [2.45, 2.75) is 0 Å². The SMILES string of the molecule is C=C(C(=O)O)c1cc2ccccc2nc1Cl. The molecule has 16 heavy (non-hydrogen) atoms. The summed E-state index contributed by atoms with van der Waals surface area (Å²) >= 11 is 5.91. The van der Waals surface area contributed by atoms with Crippen molar-refractivity contribution in [3.8, 4) is 0 Å². The van der Waals surface area contributed by atoms with Gasteiger partial charge in [-0.25, -0.2) is 9.78 Å². The highest BCUT2D eigenvalue weighted by molar-refractivity contribution is 6.33. The maximum atomic E-state index is 10.8. The normalized spacial score (nSPS) is 10.3. The lowest BCUT2D eigenvalue weighted by molar-refractivity contribution is -0.130. The Hall–Kier alpha value is -1.87. The van der Waals surface area contributed by atoms with Crippen LogP contribution in [-0.2, 0) is 4.79 Å². The largest absolute Gasteiger partial charge is 0.478 e. The lowest BCUT2D eigenvalue weighted by atomic mass is 10.1. The minimum Gasteiger partial charge on any atom is -0.478 e. The van der Waals surface area contributed by atoms with Gasteiger partial charge in [0.05, 0.1) is 11.1 Å². The summed E-state index contributed by atoms with van der Waals surface area (Å²) in [5.74, 6) is -1.10. The predicted octanol–water partition coefficient (Wildman–Crippen LogP) is 2.99. The maximum absolute atomic E-state index is 10.8. The van der Waals surface area contributed by atoms with E-state index in [9.17, 15) is 4.79 Å². The zero-order valence-electron chi connectivity index (χ0n) is 8.27. The number of hydrogen-bond donors (Lipinski definition) is 1. The molecule has 0 spiro atoms. The van der Waals surface area contributed by atoms with Crippen LogP contribution in [0, 0.1) is 0 Å². The monoisotopic (exact) mass is 233 g/mol. The first-order valence-corrected chi connectivity index (χ1v) is 4.95. The summed E-state index contributed by atoms with van der Waals surface area (Å²) < 4.78 is 0. The molecule has 0 aliphatic heterocycles. The third-order valence-corrected chi connectivity index (χ3v) is 2.55. The third kappa shape index (κ3) is 1.77. The van der Waals surface area contributed by atoms with Crippen molar-refractivity contribution >= 4 is 34.0 Å². The summed E-state index contributed by atoms with van der Waals surface area (Å²) in [5.41, 5.74) is 1.03. The second-order valence-electron chi connectivity index (χ2n) is 3.30. The average molecular weight is 234 g/mol. The number of nitrogens with zero attached hydrogens (tertiary/aromatic N) is 1. The molecular formula is C12H8ClNO2. The van der Waals surface area contributed by atoms with Crippen LogP contribution >= 0.6 is 11.6 Å². The second-order valence-corrected chi connectivity index (χ2v) is 3.66. The number of hydrogen-bond acceptors (Lipinski definition) is 2. The fourth-order valence-electron chi connectivity index (χ4n) is 1.42. The van der Waals surface area contributed by atoms with Gasteiger partial charge in [0.15, 0.2) is 0 Å². The van der Waals surface area contributed by atoms with Crippen LogP contribution in [-0.4, -0.2) is 16.1 Å². The van der Waals surface area contributed by atoms with Gasteiger partial charge in [-0.2, -0.15) is 0 Å². The Morgan fingerprint density at radius 1 is 1.38 bits per heavy atom. The number of carboxylic acids is 1. The van der Waals surface area contributed by atoms with E-state index >= 15 is 0 Å². The number of aromatic nitrogens is 1. The van der Waals surface area contributed by atoms with Crippen molar-refractivity contribution in [1.82, 2.24) is 4.98 Å². The van der Waals surface area contributed by atoms with Crippen molar-refractivity contribution in [2.24, 2.45) is 0 Å². The summed E-state index contributed by atoms with van der Waals surface area (Å²) in [5, 5.41) is 9.84. The molecule has 1 heterocycles. The van der Waals surface area contributed by atoms with Crippen molar-refractivity contribution in [1.29, 1.82) is 0 Å². The Balaban J connectivity index is 2.67. The summed E-state index contributed by atoms with van der Waals surface area (Å²) in [6.07, 6.45) is 0. The molecule has 0 saturated heterocycles. The molecule has 0 aliphatic rings. The highest BCUT2D eigenvalue weighted by atomic mass is 35.5. The topological polar surface area (TPSA) is 50.2 Å². The van der Waals surface area contributed by atoms with Crippen LogP contribution in [0.25, 0.3) is 16.5 Å². The smallest absolute Gasteiger partial charge is 0.335 e. The summed E-state index contributed by atoms with van der Waals surface area (Å²) in [7, 11) is 0. The molecule has 0 saturated carbocycles. The highest BCUT2D eigenvalue weighted by Gasteiger charge is 2.13. The van der Waals surface area contributed by atoms with Crippen molar-refractivity contribution in [2.75, 3.05) is 0 Å². The Morgan fingerprint density at radius 2 is 2.06 bits per heavy atom. The van der Waals surface area contributed by atoms with E-state index in [0.717, 1.165) is 10.9 Å². The van der Waals surface area contributed by atoms with Gasteiger partial charge in [-0.05, 0) is 12.1 Å². The molecule has 0 unspecified atom stereocenters. The minimum absolute atomic E-state index is 0.0525. The van der Waals surface area contributed by atoms with E-state index in [0.29, 0.717) is 5.56 Å². The number of benzene rings is 1. The van der Waals surface area contributed by atoms with E-state index in [1.165, 1.54) is 0 Å². The number of pyridine rings is 1. The molecule has 3 nitrogen and oxygen atoms in total. The van der Waals surface area contributed by atoms with Crippen LogP contribution in [0.3, 0.4) is 0 Å². The van der Waals surface area contributed by atoms with Gasteiger partial charge in [0.2, 0.25) is 0 Å². The maximum Gasteiger partial charge on any atom is 0.335 e. The van der Waals surface area contributed by atoms with Crippen LogP contribution in [0.15, 0.2) is 36.9 Å². The van der Waals surface area contributed by atoms with E-state index in [4.69, 9.17) is 16.7 Å². The number of carboxylic acid groups (broad SMARTS) is 1. The molecule has 2 rings (SSSR count). The average Bonchev–Trinajstić information content (AvgIpc) is 2.27. The predicted molar refractivity (Wildman–Crippen MR) is 63.4 cm³/mol.